The lowest BCUT2D eigenvalue weighted by Crippen LogP contribution is -2.32. The van der Waals surface area contributed by atoms with E-state index in [-0.39, 0.29) is 11.9 Å². The zero-order chi connectivity index (χ0) is 19.2. The van der Waals surface area contributed by atoms with Gasteiger partial charge in [0.25, 0.3) is 0 Å². The van der Waals surface area contributed by atoms with Crippen molar-refractivity contribution in [2.24, 2.45) is 0 Å². The third kappa shape index (κ3) is 4.78. The number of aryl methyl sites for hydroxylation is 3. The van der Waals surface area contributed by atoms with Crippen molar-refractivity contribution in [2.75, 3.05) is 13.7 Å². The third-order valence-corrected chi connectivity index (χ3v) is 4.50. The number of carbonyl (C=O) groups excluding carboxylic acids is 1. The van der Waals surface area contributed by atoms with Crippen molar-refractivity contribution in [3.8, 4) is 5.75 Å². The Morgan fingerprint density at radius 1 is 1.26 bits per heavy atom. The van der Waals surface area contributed by atoms with Crippen LogP contribution in [0.25, 0.3) is 0 Å². The average molecular weight is 367 g/mol. The number of hydrogen-bond acceptors (Lipinski definition) is 4. The predicted molar refractivity (Wildman–Crippen MR) is 103 cm³/mol. The van der Waals surface area contributed by atoms with Crippen LogP contribution >= 0.6 is 0 Å². The number of hydrogen-bond donors (Lipinski definition) is 1. The van der Waals surface area contributed by atoms with Crippen LogP contribution in [0.1, 0.15) is 35.2 Å². The number of ether oxygens (including phenoxy) is 1. The van der Waals surface area contributed by atoms with Crippen molar-refractivity contribution in [3.63, 3.8) is 0 Å². The van der Waals surface area contributed by atoms with Gasteiger partial charge >= 0.3 is 0 Å². The molecule has 1 aromatic carbocycles. The molecule has 27 heavy (non-hydrogen) atoms. The van der Waals surface area contributed by atoms with Gasteiger partial charge in [-0.05, 0) is 56.2 Å². The van der Waals surface area contributed by atoms with Crippen LogP contribution in [-0.4, -0.2) is 29.3 Å². The molecule has 6 nitrogen and oxygen atoms in total. The number of nitrogens with zero attached hydrogens (tertiary/aromatic N) is 2. The standard InChI is InChI=1S/C21H25N3O3/c1-15-13-16(2)24(23-15)19(20-5-4-12-27-20)14-22-21(25)11-8-17-6-9-18(26-3)10-7-17/h4-7,9-10,12-13,19H,8,11,14H2,1-3H3,(H,22,25). The van der Waals surface area contributed by atoms with E-state index < -0.39 is 0 Å². The van der Waals surface area contributed by atoms with Crippen LogP contribution in [0.5, 0.6) is 5.75 Å². The van der Waals surface area contributed by atoms with Crippen molar-refractivity contribution >= 4 is 5.91 Å². The molecule has 1 N–H and O–H groups in total. The Bertz CT molecular complexity index is 867. The van der Waals surface area contributed by atoms with Gasteiger partial charge in [-0.1, -0.05) is 12.1 Å². The molecule has 1 unspecified atom stereocenters. The minimum Gasteiger partial charge on any atom is -0.497 e. The first-order valence-corrected chi connectivity index (χ1v) is 9.02. The van der Waals surface area contributed by atoms with Crippen molar-refractivity contribution < 1.29 is 13.9 Å². The lowest BCUT2D eigenvalue weighted by atomic mass is 10.1. The molecule has 0 bridgehead atoms. The number of methoxy groups -OCH3 is 1. The summed E-state index contributed by atoms with van der Waals surface area (Å²) in [5, 5.41) is 7.56. The highest BCUT2D eigenvalue weighted by atomic mass is 16.5. The molecular weight excluding hydrogens is 342 g/mol. The molecule has 3 rings (SSSR count). The van der Waals surface area contributed by atoms with Gasteiger partial charge in [-0.15, -0.1) is 0 Å². The van der Waals surface area contributed by atoms with E-state index in [0.717, 1.165) is 28.5 Å². The summed E-state index contributed by atoms with van der Waals surface area (Å²) >= 11 is 0. The molecule has 0 fully saturated rings. The van der Waals surface area contributed by atoms with Gasteiger partial charge in [-0.2, -0.15) is 5.10 Å². The smallest absolute Gasteiger partial charge is 0.220 e. The molecule has 0 spiro atoms. The molecular formula is C21H25N3O3. The molecule has 0 radical (unpaired) electrons. The lowest BCUT2D eigenvalue weighted by Gasteiger charge is -2.18. The fourth-order valence-corrected chi connectivity index (χ4v) is 3.10. The maximum Gasteiger partial charge on any atom is 0.220 e. The Balaban J connectivity index is 1.59. The Morgan fingerprint density at radius 2 is 2.04 bits per heavy atom. The second-order valence-electron chi connectivity index (χ2n) is 6.56. The fourth-order valence-electron chi connectivity index (χ4n) is 3.10. The largest absolute Gasteiger partial charge is 0.497 e. The van der Waals surface area contributed by atoms with E-state index in [4.69, 9.17) is 9.15 Å². The van der Waals surface area contributed by atoms with Gasteiger partial charge in [0.1, 0.15) is 17.6 Å². The van der Waals surface area contributed by atoms with Gasteiger partial charge in [0.05, 0.1) is 19.1 Å². The summed E-state index contributed by atoms with van der Waals surface area (Å²) in [6.45, 7) is 4.38. The Morgan fingerprint density at radius 3 is 2.63 bits per heavy atom. The molecule has 0 aliphatic heterocycles. The number of rotatable bonds is 8. The van der Waals surface area contributed by atoms with E-state index in [1.54, 1.807) is 13.4 Å². The molecule has 0 saturated carbocycles. The van der Waals surface area contributed by atoms with Crippen molar-refractivity contribution in [1.82, 2.24) is 15.1 Å². The Labute approximate surface area is 159 Å². The van der Waals surface area contributed by atoms with Crippen molar-refractivity contribution in [3.05, 3.63) is 71.4 Å². The second kappa shape index (κ2) is 8.58. The van der Waals surface area contributed by atoms with E-state index in [2.05, 4.69) is 10.4 Å². The van der Waals surface area contributed by atoms with Crippen molar-refractivity contribution in [1.29, 1.82) is 0 Å². The van der Waals surface area contributed by atoms with Crippen LogP contribution in [0.4, 0.5) is 0 Å². The van der Waals surface area contributed by atoms with E-state index in [1.165, 1.54) is 0 Å². The molecule has 3 aromatic rings. The SMILES string of the molecule is COc1ccc(CCC(=O)NCC(c2ccco2)n2nc(C)cc2C)cc1. The molecule has 2 heterocycles. The quantitative estimate of drug-likeness (QED) is 0.662. The first kappa shape index (κ1) is 18.8. The fraction of sp³-hybridized carbons (Fsp3) is 0.333. The molecule has 1 atom stereocenters. The van der Waals surface area contributed by atoms with Crippen molar-refractivity contribution in [2.45, 2.75) is 32.7 Å². The minimum absolute atomic E-state index is 0.00362. The Kier molecular flexibility index (Phi) is 5.96. The number of benzene rings is 1. The summed E-state index contributed by atoms with van der Waals surface area (Å²) in [5.41, 5.74) is 3.07. The summed E-state index contributed by atoms with van der Waals surface area (Å²) in [6.07, 6.45) is 2.75. The van der Waals surface area contributed by atoms with Gasteiger partial charge in [0, 0.05) is 18.7 Å². The molecule has 0 aliphatic rings. The number of nitrogens with one attached hydrogen (secondary N) is 1. The average Bonchev–Trinajstić information content (AvgIpc) is 3.31. The van der Waals surface area contributed by atoms with Gasteiger partial charge in [-0.25, -0.2) is 0 Å². The number of carbonyl (C=O) groups is 1. The van der Waals surface area contributed by atoms with Crippen LogP contribution in [0.15, 0.2) is 53.1 Å². The maximum absolute atomic E-state index is 12.3. The van der Waals surface area contributed by atoms with Gasteiger partial charge in [-0.3, -0.25) is 9.48 Å². The highest BCUT2D eigenvalue weighted by molar-refractivity contribution is 5.76. The van der Waals surface area contributed by atoms with E-state index >= 15 is 0 Å². The number of amides is 1. The monoisotopic (exact) mass is 367 g/mol. The summed E-state index contributed by atoms with van der Waals surface area (Å²) in [7, 11) is 1.64. The molecule has 6 heteroatoms. The zero-order valence-corrected chi connectivity index (χ0v) is 15.9. The summed E-state index contributed by atoms with van der Waals surface area (Å²) < 4.78 is 12.6. The maximum atomic E-state index is 12.3. The predicted octanol–water partition coefficient (Wildman–Crippen LogP) is 3.44. The first-order chi connectivity index (χ1) is 13.1. The molecule has 2 aromatic heterocycles. The normalized spacial score (nSPS) is 12.0. The lowest BCUT2D eigenvalue weighted by molar-refractivity contribution is -0.121. The van der Waals surface area contributed by atoms with Crippen LogP contribution < -0.4 is 10.1 Å². The van der Waals surface area contributed by atoms with Crippen LogP contribution in [0.3, 0.4) is 0 Å². The molecule has 1 amide bonds. The van der Waals surface area contributed by atoms with Gasteiger partial charge in [0.2, 0.25) is 5.91 Å². The summed E-state index contributed by atoms with van der Waals surface area (Å²) in [6, 6.07) is 13.4. The third-order valence-electron chi connectivity index (χ3n) is 4.50. The topological polar surface area (TPSA) is 69.3 Å². The van der Waals surface area contributed by atoms with Gasteiger partial charge in [0.15, 0.2) is 0 Å². The van der Waals surface area contributed by atoms with E-state index in [9.17, 15) is 4.79 Å². The molecule has 0 saturated heterocycles. The van der Waals surface area contributed by atoms with E-state index in [0.29, 0.717) is 19.4 Å². The van der Waals surface area contributed by atoms with Crippen LogP contribution in [0.2, 0.25) is 0 Å². The minimum atomic E-state index is -0.168. The second-order valence-corrected chi connectivity index (χ2v) is 6.56. The highest BCUT2D eigenvalue weighted by Crippen LogP contribution is 2.20. The van der Waals surface area contributed by atoms with Crippen LogP contribution in [0, 0.1) is 13.8 Å². The Hall–Kier alpha value is -3.02. The van der Waals surface area contributed by atoms with Gasteiger partial charge < -0.3 is 14.5 Å². The van der Waals surface area contributed by atoms with E-state index in [1.807, 2.05) is 61.0 Å². The molecule has 142 valence electrons. The number of furan rings is 1. The highest BCUT2D eigenvalue weighted by Gasteiger charge is 2.20. The first-order valence-electron chi connectivity index (χ1n) is 9.02. The molecule has 0 aliphatic carbocycles. The van der Waals surface area contributed by atoms with Crippen LogP contribution in [-0.2, 0) is 11.2 Å². The number of aromatic nitrogens is 2. The summed E-state index contributed by atoms with van der Waals surface area (Å²) in [5.74, 6) is 1.59. The zero-order valence-electron chi connectivity index (χ0n) is 15.9. The summed E-state index contributed by atoms with van der Waals surface area (Å²) in [4.78, 5) is 12.3.